The smallest absolute Gasteiger partial charge is 0.0622 e. The van der Waals surface area contributed by atoms with E-state index in [4.69, 9.17) is 4.65 Å². The zero-order valence-corrected chi connectivity index (χ0v) is 37.5. The first kappa shape index (κ1) is 45.7. The van der Waals surface area contributed by atoms with Crippen molar-refractivity contribution in [1.29, 1.82) is 0 Å². The number of benzene rings is 9. The quantitative estimate of drug-likeness (QED) is 0.0595. The molecule has 0 aromatic heterocycles. The summed E-state index contributed by atoms with van der Waals surface area (Å²) in [5.74, 6) is 0. The third-order valence-corrected chi connectivity index (χ3v) is 16.5. The molecule has 0 heterocycles. The summed E-state index contributed by atoms with van der Waals surface area (Å²) in [7, 11) is -1.34. The Morgan fingerprint density at radius 3 is 0.350 bits per heavy atom. The van der Waals surface area contributed by atoms with Crippen LogP contribution in [0.25, 0.3) is 0 Å². The molecule has 60 heavy (non-hydrogen) atoms. The zero-order chi connectivity index (χ0) is 40.7. The van der Waals surface area contributed by atoms with Crippen molar-refractivity contribution in [2.45, 2.75) is 0 Å². The van der Waals surface area contributed by atoms with E-state index in [1.165, 1.54) is 47.7 Å². The monoisotopic (exact) mass is 916 g/mol. The molecule has 9 rings (SSSR count). The Morgan fingerprint density at radius 1 is 0.183 bits per heavy atom. The van der Waals surface area contributed by atoms with E-state index in [1.54, 1.807) is 0 Å². The minimum atomic E-state index is -0.446. The molecule has 0 fully saturated rings. The second-order valence-electron chi connectivity index (χ2n) is 13.0. The average Bonchev–Trinajstić information content (AvgIpc) is 3.34. The van der Waals surface area contributed by atoms with Crippen molar-refractivity contribution < 1.29 is 24.1 Å². The van der Waals surface area contributed by atoms with Gasteiger partial charge >= 0.3 is 30.8 Å². The summed E-state index contributed by atoms with van der Waals surface area (Å²) >= 11 is 0. The van der Waals surface area contributed by atoms with Crippen molar-refractivity contribution >= 4 is 71.5 Å². The molecular weight excluding hydrogens is 871 g/mol. The molecule has 0 N–H and O–H groups in total. The summed E-state index contributed by atoms with van der Waals surface area (Å²) in [6.07, 6.45) is 0. The van der Waals surface area contributed by atoms with Crippen LogP contribution in [-0.2, 0) is 24.1 Å². The van der Waals surface area contributed by atoms with Gasteiger partial charge in [0.05, 0.1) is 0 Å². The molecule has 0 saturated heterocycles. The molecule has 0 unspecified atom stereocenters. The summed E-state index contributed by atoms with van der Waals surface area (Å²) in [4.78, 5) is 0. The first-order valence-corrected chi connectivity index (χ1v) is 23.4. The van der Waals surface area contributed by atoms with Crippen LogP contribution in [0.4, 0.5) is 0 Å². The van der Waals surface area contributed by atoms with E-state index in [-0.39, 0.29) is 19.5 Å². The molecule has 0 aliphatic rings. The Bertz CT molecular complexity index is 1920. The predicted molar refractivity (Wildman–Crippen MR) is 259 cm³/mol. The van der Waals surface area contributed by atoms with Gasteiger partial charge in [0, 0.05) is 0 Å². The fourth-order valence-electron chi connectivity index (χ4n) is 6.54. The fourth-order valence-corrected chi connectivity index (χ4v) is 13.5. The van der Waals surface area contributed by atoms with Crippen molar-refractivity contribution in [3.8, 4) is 0 Å². The largest absolute Gasteiger partial charge is 2.00 e. The summed E-state index contributed by atoms with van der Waals surface area (Å²) in [6, 6.07) is 97.0. The first-order chi connectivity index (χ1) is 29.3. The van der Waals surface area contributed by atoms with Crippen LogP contribution in [0.5, 0.6) is 0 Å². The van der Waals surface area contributed by atoms with Crippen molar-refractivity contribution in [3.05, 3.63) is 280 Å². The maximum atomic E-state index is 7.50. The van der Waals surface area contributed by atoms with Crippen molar-refractivity contribution in [2.75, 3.05) is 0 Å². The third kappa shape index (κ3) is 13.3. The van der Waals surface area contributed by atoms with E-state index in [0.717, 1.165) is 0 Å². The van der Waals surface area contributed by atoms with Crippen molar-refractivity contribution in [3.63, 3.8) is 0 Å². The fraction of sp³-hybridized carbons (Fsp3) is 0. The second-order valence-corrected chi connectivity index (χ2v) is 19.7. The maximum Gasteiger partial charge on any atom is 2.00 e. The second kappa shape index (κ2) is 26.0. The van der Waals surface area contributed by atoms with Crippen molar-refractivity contribution in [1.82, 2.24) is 0 Å². The van der Waals surface area contributed by atoms with Crippen LogP contribution < -0.4 is 47.7 Å². The van der Waals surface area contributed by atoms with Gasteiger partial charge in [-0.25, -0.2) is 0 Å². The average molecular weight is 916 g/mol. The van der Waals surface area contributed by atoms with Crippen LogP contribution in [0.15, 0.2) is 273 Å². The zero-order valence-electron chi connectivity index (χ0n) is 33.1. The van der Waals surface area contributed by atoms with Crippen LogP contribution in [0.2, 0.25) is 0 Å². The SMILES string of the molecule is [C-]#[O+].[Ru+2].c1ccc(P(c2ccccc2)c2ccccc2)cc1.c1ccc(P(c2ccccc2)c2ccccc2)cc1.c1ccc(P(c2ccccc2)c2ccccc2)cc1. The number of rotatable bonds is 9. The molecule has 0 atom stereocenters. The minimum absolute atomic E-state index is 0. The molecular formula is C55H45OP3Ru+2. The molecule has 0 aliphatic carbocycles. The summed E-state index contributed by atoms with van der Waals surface area (Å²) in [5.41, 5.74) is 0. The maximum absolute atomic E-state index is 7.50. The Morgan fingerprint density at radius 2 is 0.267 bits per heavy atom. The third-order valence-electron chi connectivity index (χ3n) is 9.13. The van der Waals surface area contributed by atoms with Crippen LogP contribution >= 0.6 is 23.8 Å². The molecule has 0 spiro atoms. The predicted octanol–water partition coefficient (Wildman–Crippen LogP) is 10.3. The summed E-state index contributed by atoms with van der Waals surface area (Å²) in [6.45, 7) is 4.50. The molecule has 9 aromatic carbocycles. The topological polar surface area (TPSA) is 19.9 Å². The summed E-state index contributed by atoms with van der Waals surface area (Å²) in [5, 5.41) is 12.6. The molecule has 1 nitrogen and oxygen atoms in total. The molecule has 0 saturated carbocycles. The number of hydrogen-bond acceptors (Lipinski definition) is 0. The Kier molecular flexibility index (Phi) is 19.8. The van der Waals surface area contributed by atoms with E-state index in [0.29, 0.717) is 0 Å². The van der Waals surface area contributed by atoms with Crippen molar-refractivity contribution in [2.24, 2.45) is 0 Å². The van der Waals surface area contributed by atoms with Gasteiger partial charge in [-0.3, -0.25) is 0 Å². The summed E-state index contributed by atoms with van der Waals surface area (Å²) < 4.78 is 7.50. The first-order valence-electron chi connectivity index (χ1n) is 19.4. The van der Waals surface area contributed by atoms with Crippen LogP contribution in [0, 0.1) is 6.65 Å². The van der Waals surface area contributed by atoms with Gasteiger partial charge in [-0.1, -0.05) is 273 Å². The molecule has 0 bridgehead atoms. The Labute approximate surface area is 373 Å². The molecule has 5 heteroatoms. The standard InChI is InChI=1S/3C18H15P.CO.Ru/c3*1-4-10-16(11-5-1)19(17-12-6-2-7-13-17)18-14-8-3-9-15-18;1-2;/h3*1-15H;;/q;;;;+2. The van der Waals surface area contributed by atoms with Gasteiger partial charge in [0.15, 0.2) is 0 Å². The van der Waals surface area contributed by atoms with Gasteiger partial charge in [0.2, 0.25) is 0 Å². The minimum Gasteiger partial charge on any atom is -0.0622 e. The van der Waals surface area contributed by atoms with Gasteiger partial charge in [-0.15, -0.1) is 0 Å². The van der Waals surface area contributed by atoms with Gasteiger partial charge in [0.1, 0.15) is 0 Å². The number of hydrogen-bond donors (Lipinski definition) is 0. The van der Waals surface area contributed by atoms with E-state index in [9.17, 15) is 0 Å². The van der Waals surface area contributed by atoms with E-state index < -0.39 is 23.8 Å². The Hall–Kier alpha value is -5.37. The molecule has 9 aromatic rings. The molecule has 0 radical (unpaired) electrons. The molecule has 0 amide bonds. The van der Waals surface area contributed by atoms with Gasteiger partial charge in [-0.05, 0) is 71.5 Å². The molecule has 292 valence electrons. The van der Waals surface area contributed by atoms with Gasteiger partial charge in [0.25, 0.3) is 0 Å². The van der Waals surface area contributed by atoms with Crippen LogP contribution in [0.3, 0.4) is 0 Å². The van der Waals surface area contributed by atoms with Gasteiger partial charge in [-0.2, -0.15) is 0 Å². The normalized spacial score (nSPS) is 10.1. The van der Waals surface area contributed by atoms with E-state index >= 15 is 0 Å². The Balaban J connectivity index is 0.000000166. The van der Waals surface area contributed by atoms with Gasteiger partial charge < -0.3 is 0 Å². The van der Waals surface area contributed by atoms with Crippen LogP contribution in [-0.4, -0.2) is 0 Å². The van der Waals surface area contributed by atoms with E-state index in [2.05, 4.69) is 280 Å². The van der Waals surface area contributed by atoms with Crippen LogP contribution in [0.1, 0.15) is 0 Å². The molecule has 0 aliphatic heterocycles. The van der Waals surface area contributed by atoms with E-state index in [1.807, 2.05) is 0 Å².